The predicted molar refractivity (Wildman–Crippen MR) is 93.0 cm³/mol. The summed E-state index contributed by atoms with van der Waals surface area (Å²) in [6.45, 7) is 0.483. The molecule has 0 bridgehead atoms. The third-order valence-corrected chi connectivity index (χ3v) is 7.08. The van der Waals surface area contributed by atoms with Gasteiger partial charge in [-0.1, -0.05) is 6.07 Å². The Morgan fingerprint density at radius 1 is 1.38 bits per heavy atom. The number of carbonyl (C=O) groups excluding carboxylic acids is 4. The predicted octanol–water partition coefficient (Wildman–Crippen LogP) is -5.06. The van der Waals surface area contributed by atoms with Crippen LogP contribution in [0.2, 0.25) is 0 Å². The standard InChI is InChI=1S/C16H16N2O8S2.K/c1-8(19)26-6-9-7-28(24,25)15-12(14(21)18(15)13(9)16(22)23)17-11(20)5-10-3-2-4-27-10;/h2-4,12,15H,5-7H2,1H3,(H,17,20)(H,22,23);/q;+1/p-1/t12-,15+;/m1./s1. The number of thiophene rings is 1. The Balaban J connectivity index is 0.00000300. The molecular weight excluding hydrogens is 451 g/mol. The molecule has 13 heteroatoms. The van der Waals surface area contributed by atoms with Gasteiger partial charge < -0.3 is 20.0 Å². The van der Waals surface area contributed by atoms with E-state index < -0.39 is 63.1 Å². The first-order valence-corrected chi connectivity index (χ1v) is 10.6. The number of sulfone groups is 1. The Kier molecular flexibility index (Phi) is 7.81. The van der Waals surface area contributed by atoms with Crippen LogP contribution < -0.4 is 61.8 Å². The fourth-order valence-electron chi connectivity index (χ4n) is 3.11. The number of aliphatic carboxylic acids is 1. The SMILES string of the molecule is CC(=O)OCC1=C(C(=O)[O-])N2C(=O)[C@@H](NC(=O)Cc3cccs3)[C@@H]2S(=O)(=O)C1.[K+]. The summed E-state index contributed by atoms with van der Waals surface area (Å²) in [6, 6.07) is 2.08. The molecule has 1 aromatic rings. The van der Waals surface area contributed by atoms with E-state index in [1.165, 1.54) is 11.3 Å². The number of nitrogens with one attached hydrogen (secondary N) is 1. The summed E-state index contributed by atoms with van der Waals surface area (Å²) in [4.78, 5) is 48.4. The zero-order valence-electron chi connectivity index (χ0n) is 15.5. The molecule has 0 aliphatic carbocycles. The van der Waals surface area contributed by atoms with Crippen molar-refractivity contribution in [2.45, 2.75) is 24.8 Å². The average Bonchev–Trinajstić information content (AvgIpc) is 3.09. The molecule has 0 saturated carbocycles. The molecule has 1 N–H and O–H groups in total. The molecule has 29 heavy (non-hydrogen) atoms. The number of carboxylic acids is 1. The zero-order valence-corrected chi connectivity index (χ0v) is 20.3. The summed E-state index contributed by atoms with van der Waals surface area (Å²) in [5.41, 5.74) is -0.905. The molecule has 2 aliphatic rings. The second kappa shape index (κ2) is 9.37. The van der Waals surface area contributed by atoms with Crippen LogP contribution in [0, 0.1) is 0 Å². The van der Waals surface area contributed by atoms with Crippen molar-refractivity contribution in [1.82, 2.24) is 10.2 Å². The molecule has 0 radical (unpaired) electrons. The van der Waals surface area contributed by atoms with Crippen LogP contribution in [0.15, 0.2) is 28.8 Å². The molecule has 0 spiro atoms. The normalized spacial score (nSPS) is 22.1. The van der Waals surface area contributed by atoms with Crippen LogP contribution in [0.1, 0.15) is 11.8 Å². The number of carbonyl (C=O) groups is 4. The van der Waals surface area contributed by atoms with Crippen molar-refractivity contribution in [2.24, 2.45) is 0 Å². The van der Waals surface area contributed by atoms with Gasteiger partial charge in [0, 0.05) is 17.4 Å². The fourth-order valence-corrected chi connectivity index (χ4v) is 5.82. The van der Waals surface area contributed by atoms with Crippen molar-refractivity contribution in [3.8, 4) is 0 Å². The molecule has 2 atom stereocenters. The maximum Gasteiger partial charge on any atom is 1.00 e. The Labute approximate surface area is 212 Å². The smallest absolute Gasteiger partial charge is 0.543 e. The second-order valence-electron chi connectivity index (χ2n) is 6.23. The summed E-state index contributed by atoms with van der Waals surface area (Å²) >= 11 is 1.33. The fraction of sp³-hybridized carbons (Fsp3) is 0.375. The molecule has 2 aliphatic heterocycles. The van der Waals surface area contributed by atoms with Gasteiger partial charge in [0.25, 0.3) is 5.91 Å². The first kappa shape index (κ1) is 24.2. The summed E-state index contributed by atoms with van der Waals surface area (Å²) in [5.74, 6) is -4.67. The van der Waals surface area contributed by atoms with E-state index in [9.17, 15) is 32.7 Å². The minimum atomic E-state index is -4.02. The van der Waals surface area contributed by atoms with Gasteiger partial charge in [0.15, 0.2) is 15.2 Å². The Morgan fingerprint density at radius 2 is 2.07 bits per heavy atom. The van der Waals surface area contributed by atoms with E-state index >= 15 is 0 Å². The van der Waals surface area contributed by atoms with Gasteiger partial charge in [-0.2, -0.15) is 0 Å². The van der Waals surface area contributed by atoms with Gasteiger partial charge in [0.1, 0.15) is 12.6 Å². The molecule has 2 amide bonds. The minimum Gasteiger partial charge on any atom is -0.543 e. The quantitative estimate of drug-likeness (QED) is 0.249. The monoisotopic (exact) mass is 466 g/mol. The number of β-lactam (4-membered cyclic amide) rings is 1. The Hall–Kier alpha value is -1.09. The van der Waals surface area contributed by atoms with Crippen molar-refractivity contribution in [1.29, 1.82) is 0 Å². The van der Waals surface area contributed by atoms with Crippen LogP contribution in [0.3, 0.4) is 0 Å². The Bertz CT molecular complexity index is 987. The number of nitrogens with zero attached hydrogens (tertiary/aromatic N) is 1. The van der Waals surface area contributed by atoms with Crippen molar-refractivity contribution in [3.63, 3.8) is 0 Å². The molecule has 1 fully saturated rings. The van der Waals surface area contributed by atoms with Gasteiger partial charge in [-0.15, -0.1) is 11.3 Å². The van der Waals surface area contributed by atoms with Crippen molar-refractivity contribution in [2.75, 3.05) is 12.4 Å². The third kappa shape index (κ3) is 4.98. The third-order valence-electron chi connectivity index (χ3n) is 4.24. The van der Waals surface area contributed by atoms with Crippen LogP contribution in [0.4, 0.5) is 0 Å². The molecule has 1 saturated heterocycles. The molecule has 0 unspecified atom stereocenters. The van der Waals surface area contributed by atoms with E-state index in [0.717, 1.165) is 11.8 Å². The number of rotatable bonds is 6. The topological polar surface area (TPSA) is 150 Å². The summed E-state index contributed by atoms with van der Waals surface area (Å²) in [7, 11) is -4.02. The molecule has 1 aromatic heterocycles. The molecule has 10 nitrogen and oxygen atoms in total. The van der Waals surface area contributed by atoms with E-state index in [1.807, 2.05) is 0 Å². The van der Waals surface area contributed by atoms with Gasteiger partial charge in [-0.25, -0.2) is 8.42 Å². The van der Waals surface area contributed by atoms with Gasteiger partial charge in [0.2, 0.25) is 5.91 Å². The first-order chi connectivity index (χ1) is 13.1. The van der Waals surface area contributed by atoms with Crippen molar-refractivity contribution < 1.29 is 88.8 Å². The number of amides is 2. The Morgan fingerprint density at radius 3 is 2.62 bits per heavy atom. The van der Waals surface area contributed by atoms with E-state index in [-0.39, 0.29) is 63.4 Å². The van der Waals surface area contributed by atoms with Crippen LogP contribution >= 0.6 is 11.3 Å². The number of carboxylic acid groups (broad SMARTS) is 1. The van der Waals surface area contributed by atoms with E-state index in [2.05, 4.69) is 10.1 Å². The van der Waals surface area contributed by atoms with Crippen LogP contribution in [-0.4, -0.2) is 60.8 Å². The molecular formula is C16H15KN2O8S2. The zero-order chi connectivity index (χ0) is 20.6. The van der Waals surface area contributed by atoms with Crippen molar-refractivity contribution >= 4 is 44.9 Å². The van der Waals surface area contributed by atoms with Crippen molar-refractivity contribution in [3.05, 3.63) is 33.7 Å². The van der Waals surface area contributed by atoms with E-state index in [0.29, 0.717) is 4.90 Å². The molecule has 150 valence electrons. The number of ether oxygens (including phenoxy) is 1. The van der Waals surface area contributed by atoms with Crippen LogP contribution in [-0.2, 0) is 40.2 Å². The van der Waals surface area contributed by atoms with Gasteiger partial charge in [-0.3, -0.25) is 19.3 Å². The van der Waals surface area contributed by atoms with Gasteiger partial charge in [0.05, 0.1) is 23.8 Å². The second-order valence-corrected chi connectivity index (χ2v) is 9.36. The maximum absolute atomic E-state index is 12.6. The largest absolute Gasteiger partial charge is 1.00 e. The number of fused-ring (bicyclic) bond motifs is 1. The molecule has 0 aromatic carbocycles. The number of esters is 1. The van der Waals surface area contributed by atoms with Gasteiger partial charge >= 0.3 is 57.4 Å². The van der Waals surface area contributed by atoms with E-state index in [1.54, 1.807) is 17.5 Å². The van der Waals surface area contributed by atoms with Crippen LogP contribution in [0.25, 0.3) is 0 Å². The minimum absolute atomic E-state index is 0. The molecule has 3 heterocycles. The maximum atomic E-state index is 12.6. The number of hydrogen-bond donors (Lipinski definition) is 1. The van der Waals surface area contributed by atoms with Gasteiger partial charge in [-0.05, 0) is 11.4 Å². The summed E-state index contributed by atoms with van der Waals surface area (Å²) in [6.07, 6.45) is -0.0326. The number of hydrogen-bond acceptors (Lipinski definition) is 9. The summed E-state index contributed by atoms with van der Waals surface area (Å²) < 4.78 is 29.9. The first-order valence-electron chi connectivity index (χ1n) is 8.05. The average molecular weight is 467 g/mol. The molecule has 3 rings (SSSR count). The van der Waals surface area contributed by atoms with Crippen LogP contribution in [0.5, 0.6) is 0 Å². The van der Waals surface area contributed by atoms with E-state index in [4.69, 9.17) is 0 Å². The summed E-state index contributed by atoms with van der Waals surface area (Å²) in [5, 5.41) is 14.1.